The lowest BCUT2D eigenvalue weighted by atomic mass is 10.3. The quantitative estimate of drug-likeness (QED) is 0.695. The van der Waals surface area contributed by atoms with Crippen molar-refractivity contribution in [3.63, 3.8) is 0 Å². The second-order valence-electron chi connectivity index (χ2n) is 7.62. The second kappa shape index (κ2) is 9.86. The predicted octanol–water partition coefficient (Wildman–Crippen LogP) is 2.32. The number of thiazole rings is 1. The largest absolute Gasteiger partial charge is 0.347 e. The molecule has 2 aromatic rings. The average Bonchev–Trinajstić information content (AvgIpc) is 3.15. The Morgan fingerprint density at radius 1 is 1.20 bits per heavy atom. The van der Waals surface area contributed by atoms with E-state index in [0.717, 1.165) is 37.7 Å². The number of hydrogen-bond acceptors (Lipinski definition) is 7. The molecule has 0 atom stereocenters. The number of rotatable bonds is 7. The van der Waals surface area contributed by atoms with Gasteiger partial charge in [-0.15, -0.1) is 11.3 Å². The highest BCUT2D eigenvalue weighted by molar-refractivity contribution is 7.89. The lowest BCUT2D eigenvalue weighted by molar-refractivity contribution is -0.117. The zero-order valence-electron chi connectivity index (χ0n) is 17.6. The number of hydrogen-bond donors (Lipinski definition) is 1. The number of carbonyl (C=O) groups is 1. The molecule has 0 radical (unpaired) electrons. The lowest BCUT2D eigenvalue weighted by Crippen LogP contribution is -2.36. The zero-order valence-corrected chi connectivity index (χ0v) is 19.2. The molecule has 1 saturated heterocycles. The molecule has 0 spiro atoms. The van der Waals surface area contributed by atoms with Crippen molar-refractivity contribution in [2.45, 2.75) is 31.2 Å². The van der Waals surface area contributed by atoms with Crippen LogP contribution in [0, 0.1) is 0 Å². The molecule has 10 heteroatoms. The summed E-state index contributed by atoms with van der Waals surface area (Å²) in [5.74, 6) is -0.104. The number of carbonyl (C=O) groups excluding carboxylic acids is 1. The molecule has 0 aliphatic carbocycles. The molecule has 1 aromatic heterocycles. The second-order valence-corrected chi connectivity index (χ2v) is 10.5. The van der Waals surface area contributed by atoms with Crippen LogP contribution < -0.4 is 10.2 Å². The van der Waals surface area contributed by atoms with Gasteiger partial charge in [-0.3, -0.25) is 9.69 Å². The molecule has 1 aliphatic rings. The van der Waals surface area contributed by atoms with E-state index in [1.54, 1.807) is 30.5 Å². The highest BCUT2D eigenvalue weighted by atomic mass is 32.2. The Labute approximate surface area is 182 Å². The predicted molar refractivity (Wildman–Crippen MR) is 121 cm³/mol. The number of nitrogens with zero attached hydrogens (tertiary/aromatic N) is 4. The van der Waals surface area contributed by atoms with Gasteiger partial charge in [0.2, 0.25) is 15.9 Å². The maximum Gasteiger partial charge on any atom is 0.243 e. The summed E-state index contributed by atoms with van der Waals surface area (Å²) >= 11 is 1.63. The van der Waals surface area contributed by atoms with Crippen LogP contribution in [0.15, 0.2) is 40.7 Å². The molecule has 1 N–H and O–H groups in total. The number of anilines is 2. The number of aromatic nitrogens is 1. The van der Waals surface area contributed by atoms with Crippen molar-refractivity contribution in [1.29, 1.82) is 0 Å². The van der Waals surface area contributed by atoms with Crippen molar-refractivity contribution in [3.8, 4) is 0 Å². The Morgan fingerprint density at radius 2 is 1.93 bits per heavy atom. The molecular formula is C20H29N5O3S2. The van der Waals surface area contributed by atoms with Gasteiger partial charge >= 0.3 is 0 Å². The van der Waals surface area contributed by atoms with Crippen LogP contribution in [-0.4, -0.2) is 74.3 Å². The van der Waals surface area contributed by atoms with E-state index >= 15 is 0 Å². The van der Waals surface area contributed by atoms with E-state index in [1.807, 2.05) is 25.4 Å². The normalized spacial score (nSPS) is 16.1. The van der Waals surface area contributed by atoms with Gasteiger partial charge in [0.25, 0.3) is 0 Å². The van der Waals surface area contributed by atoms with Crippen LogP contribution >= 0.6 is 11.3 Å². The van der Waals surface area contributed by atoms with Crippen LogP contribution in [-0.2, 0) is 14.8 Å². The molecule has 30 heavy (non-hydrogen) atoms. The lowest BCUT2D eigenvalue weighted by Gasteiger charge is -2.21. The molecule has 1 aliphatic heterocycles. The Kier molecular flexibility index (Phi) is 7.45. The van der Waals surface area contributed by atoms with Gasteiger partial charge in [-0.2, -0.15) is 4.31 Å². The van der Waals surface area contributed by atoms with Crippen LogP contribution in [0.5, 0.6) is 0 Å². The van der Waals surface area contributed by atoms with E-state index in [2.05, 4.69) is 20.1 Å². The summed E-state index contributed by atoms with van der Waals surface area (Å²) < 4.78 is 26.4. The van der Waals surface area contributed by atoms with Crippen molar-refractivity contribution >= 4 is 38.1 Å². The molecule has 0 bridgehead atoms. The molecule has 2 heterocycles. The van der Waals surface area contributed by atoms with E-state index in [-0.39, 0.29) is 16.8 Å². The van der Waals surface area contributed by atoms with Gasteiger partial charge in [0, 0.05) is 56.5 Å². The third-order valence-electron chi connectivity index (χ3n) is 5.19. The molecule has 0 saturated carbocycles. The van der Waals surface area contributed by atoms with E-state index in [0.29, 0.717) is 12.2 Å². The molecule has 1 fully saturated rings. The summed E-state index contributed by atoms with van der Waals surface area (Å²) in [4.78, 5) is 21.5. The van der Waals surface area contributed by atoms with Gasteiger partial charge in [-0.25, -0.2) is 13.4 Å². The number of benzene rings is 1. The fourth-order valence-corrected chi connectivity index (χ4v) is 5.31. The van der Waals surface area contributed by atoms with Gasteiger partial charge in [0.15, 0.2) is 5.13 Å². The Balaban J connectivity index is 1.54. The number of amides is 1. The minimum Gasteiger partial charge on any atom is -0.347 e. The minimum absolute atomic E-state index is 0.104. The zero-order chi connectivity index (χ0) is 21.7. The summed E-state index contributed by atoms with van der Waals surface area (Å²) in [6, 6.07) is 6.19. The smallest absolute Gasteiger partial charge is 0.243 e. The Bertz CT molecular complexity index is 930. The van der Waals surface area contributed by atoms with Gasteiger partial charge in [-0.05, 0) is 44.5 Å². The maximum absolute atomic E-state index is 12.5. The van der Waals surface area contributed by atoms with E-state index < -0.39 is 10.0 Å². The molecular weight excluding hydrogens is 422 g/mol. The van der Waals surface area contributed by atoms with Crippen LogP contribution in [0.3, 0.4) is 0 Å². The summed E-state index contributed by atoms with van der Waals surface area (Å²) in [5.41, 5.74) is 0.588. The Hall–Kier alpha value is -2.01. The summed E-state index contributed by atoms with van der Waals surface area (Å²) in [5, 5.41) is 5.87. The van der Waals surface area contributed by atoms with E-state index in [1.165, 1.54) is 16.4 Å². The topological polar surface area (TPSA) is 85.8 Å². The molecule has 1 amide bonds. The monoisotopic (exact) mass is 451 g/mol. The maximum atomic E-state index is 12.5. The standard InChI is InChI=1S/C20H29N5O3S2/c1-16(2)23(3)30(27,28)18-7-5-17(6-8-18)22-19(26)15-24-10-4-11-25(13-12-24)20-21-9-14-29-20/h5-9,14,16H,4,10-13,15H2,1-3H3,(H,22,26). The third kappa shape index (κ3) is 5.57. The number of nitrogens with one attached hydrogen (secondary N) is 1. The van der Waals surface area contributed by atoms with Crippen LogP contribution in [0.2, 0.25) is 0 Å². The molecule has 0 unspecified atom stereocenters. The molecule has 164 valence electrons. The third-order valence-corrected chi connectivity index (χ3v) is 8.07. The Morgan fingerprint density at radius 3 is 2.57 bits per heavy atom. The van der Waals surface area contributed by atoms with Crippen molar-refractivity contribution in [2.75, 3.05) is 50.0 Å². The van der Waals surface area contributed by atoms with Crippen molar-refractivity contribution in [3.05, 3.63) is 35.8 Å². The summed E-state index contributed by atoms with van der Waals surface area (Å²) in [6.45, 7) is 7.39. The van der Waals surface area contributed by atoms with E-state index in [4.69, 9.17) is 0 Å². The number of sulfonamides is 1. The van der Waals surface area contributed by atoms with Crippen LogP contribution in [0.4, 0.5) is 10.8 Å². The van der Waals surface area contributed by atoms with Crippen molar-refractivity contribution in [2.24, 2.45) is 0 Å². The van der Waals surface area contributed by atoms with Gasteiger partial charge < -0.3 is 10.2 Å². The van der Waals surface area contributed by atoms with Gasteiger partial charge in [0.05, 0.1) is 11.4 Å². The van der Waals surface area contributed by atoms with Crippen LogP contribution in [0.25, 0.3) is 0 Å². The summed E-state index contributed by atoms with van der Waals surface area (Å²) in [6.07, 6.45) is 2.79. The van der Waals surface area contributed by atoms with Crippen molar-refractivity contribution in [1.82, 2.24) is 14.2 Å². The van der Waals surface area contributed by atoms with Crippen molar-refractivity contribution < 1.29 is 13.2 Å². The van der Waals surface area contributed by atoms with Gasteiger partial charge in [0.1, 0.15) is 0 Å². The molecule has 1 aromatic carbocycles. The van der Waals surface area contributed by atoms with Gasteiger partial charge in [-0.1, -0.05) is 0 Å². The van der Waals surface area contributed by atoms with E-state index in [9.17, 15) is 13.2 Å². The first-order valence-corrected chi connectivity index (χ1v) is 12.3. The highest BCUT2D eigenvalue weighted by Crippen LogP contribution is 2.20. The first-order chi connectivity index (χ1) is 14.3. The summed E-state index contributed by atoms with van der Waals surface area (Å²) in [7, 11) is -1.97. The average molecular weight is 452 g/mol. The first-order valence-electron chi connectivity index (χ1n) is 10.0. The molecule has 8 nitrogen and oxygen atoms in total. The van der Waals surface area contributed by atoms with Crippen LogP contribution in [0.1, 0.15) is 20.3 Å². The molecule has 3 rings (SSSR count). The highest BCUT2D eigenvalue weighted by Gasteiger charge is 2.23. The first kappa shape index (κ1) is 22.7. The fourth-order valence-electron chi connectivity index (χ4n) is 3.25. The SMILES string of the molecule is CC(C)N(C)S(=O)(=O)c1ccc(NC(=O)CN2CCCN(c3nccs3)CC2)cc1. The fraction of sp³-hybridized carbons (Fsp3) is 0.500. The minimum atomic E-state index is -3.53.